The zero-order chi connectivity index (χ0) is 17.7. The molecule has 1 heterocycles. The molecule has 7 heteroatoms. The van der Waals surface area contributed by atoms with Crippen molar-refractivity contribution in [2.24, 2.45) is 0 Å². The predicted molar refractivity (Wildman–Crippen MR) is 92.3 cm³/mol. The molecule has 0 aliphatic carbocycles. The van der Waals surface area contributed by atoms with Crippen LogP contribution in [0.5, 0.6) is 5.75 Å². The van der Waals surface area contributed by atoms with Crippen molar-refractivity contribution in [3.05, 3.63) is 50.9 Å². The van der Waals surface area contributed by atoms with E-state index in [-0.39, 0.29) is 36.8 Å². The van der Waals surface area contributed by atoms with Gasteiger partial charge in [0.2, 0.25) is 5.91 Å². The van der Waals surface area contributed by atoms with Crippen molar-refractivity contribution in [1.29, 1.82) is 0 Å². The molecule has 0 bridgehead atoms. The van der Waals surface area contributed by atoms with Crippen molar-refractivity contribution >= 4 is 34.6 Å². The highest BCUT2D eigenvalue weighted by Gasteiger charge is 2.15. The Balaban J connectivity index is 1.88. The summed E-state index contributed by atoms with van der Waals surface area (Å²) in [5, 5.41) is 0. The van der Waals surface area contributed by atoms with E-state index in [2.05, 4.69) is 0 Å². The molecule has 0 aliphatic rings. The molecule has 1 aromatic carbocycles. The maximum Gasteiger partial charge on any atom is 0.223 e. The Bertz CT molecular complexity index is 747. The molecule has 24 heavy (non-hydrogen) atoms. The van der Waals surface area contributed by atoms with Crippen LogP contribution >= 0.6 is 22.9 Å². The standard InChI is InChI=1S/C17H17ClFNO3S/c1-20(10-11-3-5-14(23-2)12(19)9-11)17(22)8-4-13(21)15-6-7-16(18)24-15/h3,5-7,9H,4,8,10H2,1-2H3. The summed E-state index contributed by atoms with van der Waals surface area (Å²) in [7, 11) is 3.02. The van der Waals surface area contributed by atoms with Crippen LogP contribution < -0.4 is 4.74 Å². The highest BCUT2D eigenvalue weighted by Crippen LogP contribution is 2.23. The number of amides is 1. The van der Waals surface area contributed by atoms with E-state index < -0.39 is 5.82 Å². The molecule has 2 rings (SSSR count). The Morgan fingerprint density at radius 3 is 2.58 bits per heavy atom. The van der Waals surface area contributed by atoms with Gasteiger partial charge in [-0.25, -0.2) is 4.39 Å². The number of carbonyl (C=O) groups excluding carboxylic acids is 2. The van der Waals surface area contributed by atoms with E-state index in [9.17, 15) is 14.0 Å². The Hall–Kier alpha value is -1.92. The fraction of sp³-hybridized carbons (Fsp3) is 0.294. The first kappa shape index (κ1) is 18.4. The lowest BCUT2D eigenvalue weighted by atomic mass is 10.1. The second kappa shape index (κ2) is 8.26. The number of thiophene rings is 1. The molecule has 4 nitrogen and oxygen atoms in total. The summed E-state index contributed by atoms with van der Waals surface area (Å²) in [6.07, 6.45) is 0.223. The summed E-state index contributed by atoms with van der Waals surface area (Å²) in [5.74, 6) is -0.597. The minimum absolute atomic E-state index is 0.101. The summed E-state index contributed by atoms with van der Waals surface area (Å²) in [4.78, 5) is 26.1. The summed E-state index contributed by atoms with van der Waals surface area (Å²) in [6, 6.07) is 7.87. The van der Waals surface area contributed by atoms with Gasteiger partial charge < -0.3 is 9.64 Å². The van der Waals surface area contributed by atoms with Crippen molar-refractivity contribution in [3.8, 4) is 5.75 Å². The topological polar surface area (TPSA) is 46.6 Å². The number of carbonyl (C=O) groups is 2. The average molecular weight is 370 g/mol. The van der Waals surface area contributed by atoms with Gasteiger partial charge in [-0.1, -0.05) is 17.7 Å². The van der Waals surface area contributed by atoms with Gasteiger partial charge in [0.25, 0.3) is 0 Å². The molecule has 128 valence electrons. The highest BCUT2D eigenvalue weighted by atomic mass is 35.5. The van der Waals surface area contributed by atoms with Gasteiger partial charge in [0, 0.05) is 26.4 Å². The third-order valence-electron chi connectivity index (χ3n) is 3.48. The number of ketones is 1. The molecular weight excluding hydrogens is 353 g/mol. The SMILES string of the molecule is COc1ccc(CN(C)C(=O)CCC(=O)c2ccc(Cl)s2)cc1F. The van der Waals surface area contributed by atoms with Gasteiger partial charge in [0.1, 0.15) is 0 Å². The molecule has 0 fully saturated rings. The lowest BCUT2D eigenvalue weighted by molar-refractivity contribution is -0.130. The quantitative estimate of drug-likeness (QED) is 0.688. The van der Waals surface area contributed by atoms with Gasteiger partial charge in [-0.15, -0.1) is 11.3 Å². The van der Waals surface area contributed by atoms with Gasteiger partial charge in [-0.05, 0) is 29.8 Å². The molecular formula is C17H17ClFNO3S. The van der Waals surface area contributed by atoms with Crippen molar-refractivity contribution in [2.75, 3.05) is 14.2 Å². The fourth-order valence-electron chi connectivity index (χ4n) is 2.17. The number of halogens is 2. The number of hydrogen-bond donors (Lipinski definition) is 0. The van der Waals surface area contributed by atoms with Crippen molar-refractivity contribution in [3.63, 3.8) is 0 Å². The van der Waals surface area contributed by atoms with E-state index >= 15 is 0 Å². The number of benzene rings is 1. The molecule has 0 aliphatic heterocycles. The number of hydrogen-bond acceptors (Lipinski definition) is 4. The predicted octanol–water partition coefficient (Wildman–Crippen LogP) is 4.17. The van der Waals surface area contributed by atoms with Crippen LogP contribution in [0.1, 0.15) is 28.1 Å². The number of Topliss-reactive ketones (excluding diaryl/α,β-unsaturated/α-hetero) is 1. The lowest BCUT2D eigenvalue weighted by Gasteiger charge is -2.17. The van der Waals surface area contributed by atoms with E-state index in [0.29, 0.717) is 14.8 Å². The smallest absolute Gasteiger partial charge is 0.223 e. The molecule has 2 aromatic rings. The van der Waals surface area contributed by atoms with Gasteiger partial charge >= 0.3 is 0 Å². The Labute approximate surface area is 148 Å². The van der Waals surface area contributed by atoms with Crippen LogP contribution in [0.4, 0.5) is 4.39 Å². The Morgan fingerprint density at radius 1 is 1.25 bits per heavy atom. The first-order valence-electron chi connectivity index (χ1n) is 7.25. The lowest BCUT2D eigenvalue weighted by Crippen LogP contribution is -2.26. The van der Waals surface area contributed by atoms with Gasteiger partial charge in [-0.2, -0.15) is 0 Å². The van der Waals surface area contributed by atoms with E-state index in [1.165, 1.54) is 35.5 Å². The maximum atomic E-state index is 13.7. The molecule has 1 amide bonds. The number of methoxy groups -OCH3 is 1. The Morgan fingerprint density at radius 2 is 2.00 bits per heavy atom. The zero-order valence-corrected chi connectivity index (χ0v) is 14.9. The largest absolute Gasteiger partial charge is 0.494 e. The second-order valence-electron chi connectivity index (χ2n) is 5.25. The van der Waals surface area contributed by atoms with Crippen LogP contribution in [-0.2, 0) is 11.3 Å². The summed E-state index contributed by atoms with van der Waals surface area (Å²) in [6.45, 7) is 0.263. The van der Waals surface area contributed by atoms with Gasteiger partial charge in [0.15, 0.2) is 17.3 Å². The van der Waals surface area contributed by atoms with Crippen LogP contribution in [0.25, 0.3) is 0 Å². The van der Waals surface area contributed by atoms with Crippen molar-refractivity contribution < 1.29 is 18.7 Å². The summed E-state index contributed by atoms with van der Waals surface area (Å²) < 4.78 is 19.1. The first-order chi connectivity index (χ1) is 11.4. The minimum Gasteiger partial charge on any atom is -0.494 e. The molecule has 0 saturated carbocycles. The van der Waals surface area contributed by atoms with E-state index in [1.807, 2.05) is 0 Å². The number of rotatable bonds is 7. The van der Waals surface area contributed by atoms with Crippen LogP contribution in [0, 0.1) is 5.82 Å². The summed E-state index contributed by atoms with van der Waals surface area (Å²) in [5.41, 5.74) is 0.653. The third-order valence-corrected chi connectivity index (χ3v) is 4.75. The van der Waals surface area contributed by atoms with Gasteiger partial charge in [-0.3, -0.25) is 9.59 Å². The van der Waals surface area contributed by atoms with E-state index in [1.54, 1.807) is 25.2 Å². The van der Waals surface area contributed by atoms with Crippen molar-refractivity contribution in [2.45, 2.75) is 19.4 Å². The molecule has 0 unspecified atom stereocenters. The number of nitrogens with zero attached hydrogens (tertiary/aromatic N) is 1. The zero-order valence-electron chi connectivity index (χ0n) is 13.3. The van der Waals surface area contributed by atoms with Crippen LogP contribution in [0.3, 0.4) is 0 Å². The van der Waals surface area contributed by atoms with Crippen LogP contribution in [-0.4, -0.2) is 30.7 Å². The molecule has 0 spiro atoms. The van der Waals surface area contributed by atoms with E-state index in [4.69, 9.17) is 16.3 Å². The van der Waals surface area contributed by atoms with Gasteiger partial charge in [0.05, 0.1) is 16.3 Å². The normalized spacial score (nSPS) is 10.5. The maximum absolute atomic E-state index is 13.7. The molecule has 0 N–H and O–H groups in total. The molecule has 0 saturated heterocycles. The number of ether oxygens (including phenoxy) is 1. The van der Waals surface area contributed by atoms with Crippen molar-refractivity contribution in [1.82, 2.24) is 4.90 Å². The molecule has 0 radical (unpaired) electrons. The second-order valence-corrected chi connectivity index (χ2v) is 6.96. The highest BCUT2D eigenvalue weighted by molar-refractivity contribution is 7.18. The fourth-order valence-corrected chi connectivity index (χ4v) is 3.18. The molecule has 0 atom stereocenters. The summed E-state index contributed by atoms with van der Waals surface area (Å²) >= 11 is 6.99. The van der Waals surface area contributed by atoms with E-state index in [0.717, 1.165) is 0 Å². The minimum atomic E-state index is -0.472. The Kier molecular flexibility index (Phi) is 6.34. The van der Waals surface area contributed by atoms with Crippen LogP contribution in [0.15, 0.2) is 30.3 Å². The third kappa shape index (κ3) is 4.79. The van der Waals surface area contributed by atoms with Crippen LogP contribution in [0.2, 0.25) is 4.34 Å². The average Bonchev–Trinajstić information content (AvgIpc) is 2.99. The monoisotopic (exact) mass is 369 g/mol. The molecule has 1 aromatic heterocycles. The first-order valence-corrected chi connectivity index (χ1v) is 8.45.